The third-order valence-corrected chi connectivity index (χ3v) is 7.45. The molecule has 7 heteroatoms. The Morgan fingerprint density at radius 3 is 2.53 bits per heavy atom. The molecule has 1 aliphatic carbocycles. The number of thiophene rings is 1. The lowest BCUT2D eigenvalue weighted by Gasteiger charge is -2.12. The summed E-state index contributed by atoms with van der Waals surface area (Å²) in [4.78, 5) is 27.6. The van der Waals surface area contributed by atoms with Crippen molar-refractivity contribution in [1.82, 2.24) is 0 Å². The van der Waals surface area contributed by atoms with Crippen LogP contribution in [-0.2, 0) is 17.6 Å². The number of ether oxygens (including phenoxy) is 2. The molecule has 1 N–H and O–H groups in total. The normalized spacial score (nSPS) is 12.7. The van der Waals surface area contributed by atoms with Crippen molar-refractivity contribution in [2.45, 2.75) is 30.6 Å². The third-order valence-electron chi connectivity index (χ3n) is 5.27. The number of amides is 1. The van der Waals surface area contributed by atoms with Crippen molar-refractivity contribution in [3.63, 3.8) is 0 Å². The van der Waals surface area contributed by atoms with Crippen LogP contribution >= 0.6 is 23.1 Å². The maximum Gasteiger partial charge on any atom is 0.341 e. The molecule has 1 amide bonds. The number of esters is 1. The Hall–Kier alpha value is -2.77. The Bertz CT molecular complexity index is 1080. The second-order valence-corrected chi connectivity index (χ2v) is 9.67. The molecule has 0 spiro atoms. The Morgan fingerprint density at radius 2 is 1.78 bits per heavy atom. The number of carbonyl (C=O) groups excluding carboxylic acids is 2. The summed E-state index contributed by atoms with van der Waals surface area (Å²) in [6.07, 6.45) is 3.94. The summed E-state index contributed by atoms with van der Waals surface area (Å²) >= 11 is 3.22. The van der Waals surface area contributed by atoms with Gasteiger partial charge in [-0.1, -0.05) is 18.2 Å². The Morgan fingerprint density at radius 1 is 1.03 bits per heavy atom. The number of hydrogen-bond acceptors (Lipinski definition) is 6. The fourth-order valence-corrected chi connectivity index (χ4v) is 5.71. The number of nitrogens with one attached hydrogen (secondary N) is 1. The molecule has 0 saturated carbocycles. The molecule has 32 heavy (non-hydrogen) atoms. The SMILES string of the molecule is COC(=O)c1c(NC(=O)c2ccc(OCCSc3ccccc3)cc2)sc2c1CCCC2. The van der Waals surface area contributed by atoms with E-state index in [2.05, 4.69) is 17.4 Å². The number of hydrogen-bond donors (Lipinski definition) is 1. The van der Waals surface area contributed by atoms with Crippen LogP contribution in [0.25, 0.3) is 0 Å². The molecule has 0 aliphatic heterocycles. The van der Waals surface area contributed by atoms with Crippen LogP contribution in [-0.4, -0.2) is 31.3 Å². The fourth-order valence-electron chi connectivity index (χ4n) is 3.69. The first kappa shape index (κ1) is 22.4. The van der Waals surface area contributed by atoms with Gasteiger partial charge in [0.25, 0.3) is 5.91 Å². The quantitative estimate of drug-likeness (QED) is 0.256. The van der Waals surface area contributed by atoms with Crippen LogP contribution in [0.2, 0.25) is 0 Å². The minimum atomic E-state index is -0.392. The van der Waals surface area contributed by atoms with E-state index in [0.717, 1.165) is 42.7 Å². The van der Waals surface area contributed by atoms with Crippen LogP contribution in [0, 0.1) is 0 Å². The van der Waals surface area contributed by atoms with E-state index in [9.17, 15) is 9.59 Å². The number of rotatable bonds is 8. The first-order valence-electron chi connectivity index (χ1n) is 10.6. The van der Waals surface area contributed by atoms with Crippen molar-refractivity contribution < 1.29 is 19.1 Å². The predicted molar refractivity (Wildman–Crippen MR) is 129 cm³/mol. The number of benzene rings is 2. The van der Waals surface area contributed by atoms with E-state index in [4.69, 9.17) is 9.47 Å². The number of fused-ring (bicyclic) bond motifs is 1. The number of methoxy groups -OCH3 is 1. The Balaban J connectivity index is 1.36. The maximum atomic E-state index is 12.8. The van der Waals surface area contributed by atoms with Crippen LogP contribution in [0.15, 0.2) is 59.5 Å². The van der Waals surface area contributed by atoms with Gasteiger partial charge in [0.05, 0.1) is 19.3 Å². The highest BCUT2D eigenvalue weighted by Gasteiger charge is 2.27. The molecule has 3 aromatic rings. The van der Waals surface area contributed by atoms with Crippen LogP contribution in [0.4, 0.5) is 5.00 Å². The van der Waals surface area contributed by atoms with Gasteiger partial charge in [-0.2, -0.15) is 0 Å². The fraction of sp³-hybridized carbons (Fsp3) is 0.280. The van der Waals surface area contributed by atoms with Gasteiger partial charge in [-0.25, -0.2) is 4.79 Å². The van der Waals surface area contributed by atoms with Gasteiger partial charge in [0.1, 0.15) is 10.8 Å². The summed E-state index contributed by atoms with van der Waals surface area (Å²) < 4.78 is 10.8. The molecular formula is C25H25NO4S2. The van der Waals surface area contributed by atoms with Crippen molar-refractivity contribution >= 4 is 40.0 Å². The lowest BCUT2D eigenvalue weighted by atomic mass is 9.95. The van der Waals surface area contributed by atoms with Crippen molar-refractivity contribution in [3.05, 3.63) is 76.2 Å². The standard InChI is InChI=1S/C25H25NO4S2/c1-29-25(28)22-20-9-5-6-10-21(20)32-24(22)26-23(27)17-11-13-18(14-12-17)30-15-16-31-19-7-3-2-4-8-19/h2-4,7-8,11-14H,5-6,9-10,15-16H2,1H3,(H,26,27). The smallest absolute Gasteiger partial charge is 0.341 e. The number of anilines is 1. The summed E-state index contributed by atoms with van der Waals surface area (Å²) in [7, 11) is 1.37. The van der Waals surface area contributed by atoms with E-state index in [1.165, 1.54) is 28.2 Å². The molecular weight excluding hydrogens is 442 g/mol. The maximum absolute atomic E-state index is 12.8. The molecule has 1 heterocycles. The molecule has 0 saturated heterocycles. The highest BCUT2D eigenvalue weighted by atomic mass is 32.2. The first-order chi connectivity index (χ1) is 15.7. The highest BCUT2D eigenvalue weighted by Crippen LogP contribution is 2.38. The second kappa shape index (κ2) is 10.7. The third kappa shape index (κ3) is 5.34. The molecule has 0 fully saturated rings. The summed E-state index contributed by atoms with van der Waals surface area (Å²) in [5.74, 6) is 0.916. The van der Waals surface area contributed by atoms with E-state index in [1.54, 1.807) is 36.0 Å². The molecule has 1 aliphatic rings. The zero-order valence-corrected chi connectivity index (χ0v) is 19.5. The average molecular weight is 468 g/mol. The van der Waals surface area contributed by atoms with Gasteiger partial charge in [0.2, 0.25) is 0 Å². The Kier molecular flexibility index (Phi) is 7.50. The number of aryl methyl sites for hydroxylation is 1. The molecule has 4 rings (SSSR count). The van der Waals surface area contributed by atoms with Gasteiger partial charge in [-0.3, -0.25) is 4.79 Å². The molecule has 5 nitrogen and oxygen atoms in total. The summed E-state index contributed by atoms with van der Waals surface area (Å²) in [6, 6.07) is 17.3. The lowest BCUT2D eigenvalue weighted by molar-refractivity contribution is 0.0601. The molecule has 166 valence electrons. The molecule has 0 bridgehead atoms. The first-order valence-corrected chi connectivity index (χ1v) is 12.4. The molecule has 0 unspecified atom stereocenters. The van der Waals surface area contributed by atoms with E-state index in [0.29, 0.717) is 22.7 Å². The average Bonchev–Trinajstić information content (AvgIpc) is 3.20. The van der Waals surface area contributed by atoms with Gasteiger partial charge in [0.15, 0.2) is 0 Å². The van der Waals surface area contributed by atoms with Crippen molar-refractivity contribution in [3.8, 4) is 5.75 Å². The zero-order chi connectivity index (χ0) is 22.3. The van der Waals surface area contributed by atoms with E-state index < -0.39 is 5.97 Å². The highest BCUT2D eigenvalue weighted by molar-refractivity contribution is 7.99. The number of carbonyl (C=O) groups is 2. The molecule has 1 aromatic heterocycles. The van der Waals surface area contributed by atoms with E-state index in [-0.39, 0.29) is 5.91 Å². The van der Waals surface area contributed by atoms with Gasteiger partial charge in [0, 0.05) is 21.1 Å². The summed E-state index contributed by atoms with van der Waals surface area (Å²) in [5, 5.41) is 3.50. The molecule has 0 atom stereocenters. The van der Waals surface area contributed by atoms with Crippen molar-refractivity contribution in [2.75, 3.05) is 24.8 Å². The van der Waals surface area contributed by atoms with Gasteiger partial charge in [-0.15, -0.1) is 23.1 Å². The van der Waals surface area contributed by atoms with Gasteiger partial charge in [-0.05, 0) is 67.6 Å². The number of thioether (sulfide) groups is 1. The van der Waals surface area contributed by atoms with Crippen LogP contribution < -0.4 is 10.1 Å². The Labute approximate surface area is 196 Å². The van der Waals surface area contributed by atoms with Gasteiger partial charge >= 0.3 is 5.97 Å². The van der Waals surface area contributed by atoms with Crippen LogP contribution in [0.5, 0.6) is 5.75 Å². The topological polar surface area (TPSA) is 64.6 Å². The largest absolute Gasteiger partial charge is 0.493 e. The van der Waals surface area contributed by atoms with Crippen LogP contribution in [0.3, 0.4) is 0 Å². The minimum Gasteiger partial charge on any atom is -0.493 e. The van der Waals surface area contributed by atoms with Crippen LogP contribution in [0.1, 0.15) is 44.0 Å². The van der Waals surface area contributed by atoms with E-state index >= 15 is 0 Å². The summed E-state index contributed by atoms with van der Waals surface area (Å²) in [5.41, 5.74) is 2.05. The lowest BCUT2D eigenvalue weighted by Crippen LogP contribution is -2.15. The van der Waals surface area contributed by atoms with Gasteiger partial charge < -0.3 is 14.8 Å². The zero-order valence-electron chi connectivity index (χ0n) is 17.9. The minimum absolute atomic E-state index is 0.250. The molecule has 2 aromatic carbocycles. The van der Waals surface area contributed by atoms with Crippen molar-refractivity contribution in [1.29, 1.82) is 0 Å². The monoisotopic (exact) mass is 467 g/mol. The second-order valence-electron chi connectivity index (χ2n) is 7.40. The van der Waals surface area contributed by atoms with Crippen molar-refractivity contribution in [2.24, 2.45) is 0 Å². The summed E-state index contributed by atoms with van der Waals surface area (Å²) in [6.45, 7) is 0.578. The molecule has 0 radical (unpaired) electrons. The predicted octanol–water partition coefficient (Wildman–Crippen LogP) is 5.84. The van der Waals surface area contributed by atoms with E-state index in [1.807, 2.05) is 18.2 Å².